The van der Waals surface area contributed by atoms with Crippen LogP contribution in [0, 0.1) is 5.92 Å². The first kappa shape index (κ1) is 16.1. The van der Waals surface area contributed by atoms with Crippen LogP contribution in [0.1, 0.15) is 6.92 Å². The maximum atomic E-state index is 9.48. The average molecular weight is 374 g/mol. The van der Waals surface area contributed by atoms with Crippen LogP contribution in [-0.2, 0) is 6.54 Å². The van der Waals surface area contributed by atoms with E-state index in [2.05, 4.69) is 51.7 Å². The Labute approximate surface area is 144 Å². The lowest BCUT2D eigenvalue weighted by Crippen LogP contribution is -2.12. The Balaban J connectivity index is 2.24. The van der Waals surface area contributed by atoms with Gasteiger partial charge < -0.3 is 14.4 Å². The van der Waals surface area contributed by atoms with Gasteiger partial charge in [-0.2, -0.15) is 0 Å². The molecule has 0 saturated heterocycles. The van der Waals surface area contributed by atoms with Crippen molar-refractivity contribution in [2.24, 2.45) is 5.92 Å². The second kappa shape index (κ2) is 6.77. The lowest BCUT2D eigenvalue weighted by molar-refractivity contribution is 0.224. The molecular weight excluding hydrogens is 354 g/mol. The van der Waals surface area contributed by atoms with Crippen LogP contribution in [0.15, 0.2) is 53.0 Å². The lowest BCUT2D eigenvalue weighted by atomic mass is 10.1. The van der Waals surface area contributed by atoms with E-state index in [1.807, 2.05) is 24.3 Å². The highest BCUT2D eigenvalue weighted by Crippen LogP contribution is 2.35. The van der Waals surface area contributed by atoms with Crippen LogP contribution in [-0.4, -0.2) is 23.4 Å². The molecule has 0 aliphatic rings. The van der Waals surface area contributed by atoms with Crippen LogP contribution in [0.3, 0.4) is 0 Å². The molecule has 1 aromatic heterocycles. The maximum absolute atomic E-state index is 9.48. The Morgan fingerprint density at radius 1 is 1.17 bits per heavy atom. The second-order valence-corrected chi connectivity index (χ2v) is 6.75. The average Bonchev–Trinajstić information content (AvgIpc) is 2.92. The molecule has 3 aromatic rings. The summed E-state index contributed by atoms with van der Waals surface area (Å²) >= 11 is 3.56. The zero-order valence-electron chi connectivity index (χ0n) is 13.3. The van der Waals surface area contributed by atoms with Gasteiger partial charge in [0.1, 0.15) is 5.75 Å². The molecule has 1 atom stereocenters. The molecular formula is C19H20BrNO2. The van der Waals surface area contributed by atoms with Crippen molar-refractivity contribution in [3.05, 3.63) is 53.0 Å². The SMILES string of the molecule is COc1ccccc1-c1cc2ccc(Br)cc2n1CC(C)CO. The zero-order chi connectivity index (χ0) is 16.4. The molecule has 23 heavy (non-hydrogen) atoms. The zero-order valence-corrected chi connectivity index (χ0v) is 14.9. The number of benzene rings is 2. The van der Waals surface area contributed by atoms with E-state index in [1.165, 1.54) is 5.39 Å². The van der Waals surface area contributed by atoms with Gasteiger partial charge in [-0.25, -0.2) is 0 Å². The van der Waals surface area contributed by atoms with Crippen LogP contribution in [0.25, 0.3) is 22.2 Å². The molecule has 1 unspecified atom stereocenters. The number of aromatic nitrogens is 1. The molecule has 0 bridgehead atoms. The van der Waals surface area contributed by atoms with Gasteiger partial charge in [0.05, 0.1) is 12.8 Å². The molecule has 0 aliphatic carbocycles. The van der Waals surface area contributed by atoms with Crippen molar-refractivity contribution in [2.75, 3.05) is 13.7 Å². The van der Waals surface area contributed by atoms with E-state index in [1.54, 1.807) is 7.11 Å². The van der Waals surface area contributed by atoms with Gasteiger partial charge in [-0.05, 0) is 36.2 Å². The molecule has 1 heterocycles. The van der Waals surface area contributed by atoms with Gasteiger partial charge in [-0.15, -0.1) is 0 Å². The molecule has 120 valence electrons. The van der Waals surface area contributed by atoms with Gasteiger partial charge in [-0.3, -0.25) is 0 Å². The molecule has 3 rings (SSSR count). The Morgan fingerprint density at radius 2 is 1.96 bits per heavy atom. The Bertz CT molecular complexity index is 825. The van der Waals surface area contributed by atoms with E-state index in [0.29, 0.717) is 0 Å². The van der Waals surface area contributed by atoms with Crippen molar-refractivity contribution in [1.82, 2.24) is 4.57 Å². The number of fused-ring (bicyclic) bond motifs is 1. The molecule has 0 radical (unpaired) electrons. The Hall–Kier alpha value is -1.78. The summed E-state index contributed by atoms with van der Waals surface area (Å²) in [5, 5.41) is 10.7. The normalized spacial score (nSPS) is 12.5. The molecule has 0 amide bonds. The molecule has 0 fully saturated rings. The maximum Gasteiger partial charge on any atom is 0.128 e. The van der Waals surface area contributed by atoms with E-state index in [4.69, 9.17) is 4.74 Å². The number of nitrogens with zero attached hydrogens (tertiary/aromatic N) is 1. The van der Waals surface area contributed by atoms with E-state index >= 15 is 0 Å². The Morgan fingerprint density at radius 3 is 2.70 bits per heavy atom. The number of hydrogen-bond donors (Lipinski definition) is 1. The lowest BCUT2D eigenvalue weighted by Gasteiger charge is -2.16. The minimum Gasteiger partial charge on any atom is -0.496 e. The van der Waals surface area contributed by atoms with E-state index in [-0.39, 0.29) is 12.5 Å². The number of para-hydroxylation sites is 1. The van der Waals surface area contributed by atoms with Gasteiger partial charge in [0, 0.05) is 34.1 Å². The van der Waals surface area contributed by atoms with Crippen molar-refractivity contribution in [3.63, 3.8) is 0 Å². The van der Waals surface area contributed by atoms with Gasteiger partial charge in [-0.1, -0.05) is 41.1 Å². The van der Waals surface area contributed by atoms with Crippen LogP contribution < -0.4 is 4.74 Å². The summed E-state index contributed by atoms with van der Waals surface area (Å²) in [6.07, 6.45) is 0. The predicted octanol–water partition coefficient (Wildman–Crippen LogP) is 4.71. The molecule has 1 N–H and O–H groups in total. The smallest absolute Gasteiger partial charge is 0.128 e. The van der Waals surface area contributed by atoms with Crippen molar-refractivity contribution in [3.8, 4) is 17.0 Å². The van der Waals surface area contributed by atoms with E-state index < -0.39 is 0 Å². The summed E-state index contributed by atoms with van der Waals surface area (Å²) in [6.45, 7) is 2.97. The minimum atomic E-state index is 0.166. The molecule has 4 heteroatoms. The number of ether oxygens (including phenoxy) is 1. The van der Waals surface area contributed by atoms with E-state index in [0.717, 1.165) is 33.5 Å². The van der Waals surface area contributed by atoms with Crippen LogP contribution in [0.2, 0.25) is 0 Å². The summed E-state index contributed by atoms with van der Waals surface area (Å²) in [7, 11) is 1.69. The van der Waals surface area contributed by atoms with Gasteiger partial charge >= 0.3 is 0 Å². The van der Waals surface area contributed by atoms with Crippen LogP contribution in [0.5, 0.6) is 5.75 Å². The number of rotatable bonds is 5. The summed E-state index contributed by atoms with van der Waals surface area (Å²) in [6, 6.07) is 16.5. The largest absolute Gasteiger partial charge is 0.496 e. The van der Waals surface area contributed by atoms with Crippen molar-refractivity contribution < 1.29 is 9.84 Å². The summed E-state index contributed by atoms with van der Waals surface area (Å²) in [4.78, 5) is 0. The first-order valence-electron chi connectivity index (χ1n) is 7.67. The second-order valence-electron chi connectivity index (χ2n) is 5.83. The van der Waals surface area contributed by atoms with Crippen molar-refractivity contribution in [1.29, 1.82) is 0 Å². The van der Waals surface area contributed by atoms with Gasteiger partial charge in [0.2, 0.25) is 0 Å². The highest BCUT2D eigenvalue weighted by molar-refractivity contribution is 9.10. The van der Waals surface area contributed by atoms with Gasteiger partial charge in [0.15, 0.2) is 0 Å². The third-order valence-electron chi connectivity index (χ3n) is 4.06. The predicted molar refractivity (Wildman–Crippen MR) is 97.9 cm³/mol. The van der Waals surface area contributed by atoms with Crippen molar-refractivity contribution in [2.45, 2.75) is 13.5 Å². The first-order chi connectivity index (χ1) is 11.1. The van der Waals surface area contributed by atoms with Crippen LogP contribution in [0.4, 0.5) is 0 Å². The minimum absolute atomic E-state index is 0.166. The summed E-state index contributed by atoms with van der Waals surface area (Å²) in [5.41, 5.74) is 3.32. The highest BCUT2D eigenvalue weighted by Gasteiger charge is 2.16. The van der Waals surface area contributed by atoms with Crippen LogP contribution >= 0.6 is 15.9 Å². The summed E-state index contributed by atoms with van der Waals surface area (Å²) in [5.74, 6) is 1.03. The molecule has 0 aliphatic heterocycles. The fourth-order valence-electron chi connectivity index (χ4n) is 2.87. The molecule has 3 nitrogen and oxygen atoms in total. The number of halogens is 1. The monoisotopic (exact) mass is 373 g/mol. The molecule has 0 spiro atoms. The fraction of sp³-hybridized carbons (Fsp3) is 0.263. The third kappa shape index (κ3) is 3.14. The number of aliphatic hydroxyl groups is 1. The first-order valence-corrected chi connectivity index (χ1v) is 8.46. The number of aliphatic hydroxyl groups excluding tert-OH is 1. The number of hydrogen-bond acceptors (Lipinski definition) is 2. The molecule has 0 saturated carbocycles. The quantitative estimate of drug-likeness (QED) is 0.702. The third-order valence-corrected chi connectivity index (χ3v) is 4.55. The fourth-order valence-corrected chi connectivity index (χ4v) is 3.22. The standard InChI is InChI=1S/C19H20BrNO2/c1-13(12-22)11-21-17-10-15(20)8-7-14(17)9-18(21)16-5-3-4-6-19(16)23-2/h3-10,13,22H,11-12H2,1-2H3. The Kier molecular flexibility index (Phi) is 4.74. The summed E-state index contributed by atoms with van der Waals surface area (Å²) < 4.78 is 8.85. The highest BCUT2D eigenvalue weighted by atomic mass is 79.9. The topological polar surface area (TPSA) is 34.4 Å². The van der Waals surface area contributed by atoms with Gasteiger partial charge in [0.25, 0.3) is 0 Å². The molecule has 2 aromatic carbocycles. The number of methoxy groups -OCH3 is 1. The van der Waals surface area contributed by atoms with E-state index in [9.17, 15) is 5.11 Å². The van der Waals surface area contributed by atoms with Crippen molar-refractivity contribution >= 4 is 26.8 Å².